The second-order valence-electron chi connectivity index (χ2n) is 4.40. The van der Waals surface area contributed by atoms with Gasteiger partial charge < -0.3 is 4.90 Å². The maximum atomic E-state index is 12.0. The lowest BCUT2D eigenvalue weighted by atomic mass is 10.5. The van der Waals surface area contributed by atoms with Gasteiger partial charge in [0.15, 0.2) is 0 Å². The van der Waals surface area contributed by atoms with E-state index in [2.05, 4.69) is 10.1 Å². The molecule has 106 valence electrons. The van der Waals surface area contributed by atoms with Gasteiger partial charge in [0.2, 0.25) is 5.16 Å². The summed E-state index contributed by atoms with van der Waals surface area (Å²) >= 11 is 13.4. The highest BCUT2D eigenvalue weighted by Crippen LogP contribution is 2.54. The maximum absolute atomic E-state index is 12.0. The molecule has 0 bridgehead atoms. The highest BCUT2D eigenvalue weighted by atomic mass is 35.5. The number of alkyl halides is 2. The second-order valence-corrected chi connectivity index (χ2v) is 6.93. The van der Waals surface area contributed by atoms with E-state index in [1.54, 1.807) is 4.90 Å². The molecular formula is C11H16Cl2N4OS. The van der Waals surface area contributed by atoms with Crippen molar-refractivity contribution in [2.45, 2.75) is 29.8 Å². The van der Waals surface area contributed by atoms with Crippen molar-refractivity contribution in [3.05, 3.63) is 6.33 Å². The standard InChI is InChI=1S/C11H16Cl2N4OS/c1-3-16(4-2)10(18)17-7-14-9(15-17)19-6-8-5-11(8,12)13/h7-8H,3-6H2,1-2H3. The summed E-state index contributed by atoms with van der Waals surface area (Å²) in [6, 6.07) is -0.153. The Morgan fingerprint density at radius 3 is 2.74 bits per heavy atom. The number of aromatic nitrogens is 3. The third-order valence-corrected chi connectivity index (χ3v) is 5.01. The molecule has 5 nitrogen and oxygen atoms in total. The van der Waals surface area contributed by atoms with Crippen molar-refractivity contribution in [1.82, 2.24) is 19.7 Å². The molecule has 19 heavy (non-hydrogen) atoms. The fourth-order valence-corrected chi connectivity index (χ4v) is 3.40. The monoisotopic (exact) mass is 322 g/mol. The fraction of sp³-hybridized carbons (Fsp3) is 0.727. The van der Waals surface area contributed by atoms with Crippen LogP contribution in [0.2, 0.25) is 0 Å². The number of carbonyl (C=O) groups is 1. The molecule has 0 aliphatic heterocycles. The quantitative estimate of drug-likeness (QED) is 0.618. The van der Waals surface area contributed by atoms with Gasteiger partial charge in [0, 0.05) is 24.8 Å². The molecule has 1 amide bonds. The van der Waals surface area contributed by atoms with E-state index in [0.29, 0.717) is 18.2 Å². The zero-order chi connectivity index (χ0) is 14.0. The number of carbonyl (C=O) groups excluding carboxylic acids is 1. The largest absolute Gasteiger partial charge is 0.346 e. The number of rotatable bonds is 5. The molecule has 1 heterocycles. The van der Waals surface area contributed by atoms with E-state index in [4.69, 9.17) is 23.2 Å². The first kappa shape index (κ1) is 14.9. The average Bonchev–Trinajstić information content (AvgIpc) is 2.79. The number of nitrogens with zero attached hydrogens (tertiary/aromatic N) is 4. The van der Waals surface area contributed by atoms with Crippen LogP contribution in [0.25, 0.3) is 0 Å². The van der Waals surface area contributed by atoms with Crippen LogP contribution in [0.4, 0.5) is 4.79 Å². The van der Waals surface area contributed by atoms with Crippen LogP contribution in [0.1, 0.15) is 20.3 Å². The molecule has 0 radical (unpaired) electrons. The highest BCUT2D eigenvalue weighted by molar-refractivity contribution is 7.99. The van der Waals surface area contributed by atoms with Gasteiger partial charge in [0.05, 0.1) is 0 Å². The minimum absolute atomic E-state index is 0.153. The lowest BCUT2D eigenvalue weighted by Gasteiger charge is -2.17. The average molecular weight is 323 g/mol. The molecule has 1 aliphatic rings. The SMILES string of the molecule is CCN(CC)C(=O)n1cnc(SCC2CC2(Cl)Cl)n1. The zero-order valence-electron chi connectivity index (χ0n) is 10.8. The Hall–Kier alpha value is -0.460. The van der Waals surface area contributed by atoms with E-state index in [9.17, 15) is 4.79 Å². The topological polar surface area (TPSA) is 51.0 Å². The fourth-order valence-electron chi connectivity index (χ4n) is 1.67. The number of halogens is 2. The van der Waals surface area contributed by atoms with Crippen LogP contribution in [0.3, 0.4) is 0 Å². The molecule has 2 rings (SSSR count). The number of amides is 1. The molecule has 1 aliphatic carbocycles. The van der Waals surface area contributed by atoms with Crippen LogP contribution in [-0.4, -0.2) is 48.9 Å². The molecular weight excluding hydrogens is 307 g/mol. The zero-order valence-corrected chi connectivity index (χ0v) is 13.2. The smallest absolute Gasteiger partial charge is 0.323 e. The molecule has 1 atom stereocenters. The van der Waals surface area contributed by atoms with Crippen LogP contribution in [-0.2, 0) is 0 Å². The van der Waals surface area contributed by atoms with Crippen LogP contribution in [0, 0.1) is 5.92 Å². The molecule has 1 unspecified atom stereocenters. The normalized spacial score (nSPS) is 20.3. The molecule has 0 aromatic carbocycles. The molecule has 0 N–H and O–H groups in total. The minimum atomic E-state index is -0.577. The van der Waals surface area contributed by atoms with Crippen LogP contribution in [0.15, 0.2) is 11.5 Å². The van der Waals surface area contributed by atoms with E-state index in [1.807, 2.05) is 13.8 Å². The Balaban J connectivity index is 1.90. The summed E-state index contributed by atoms with van der Waals surface area (Å²) in [6.45, 7) is 5.17. The van der Waals surface area contributed by atoms with Crippen LogP contribution in [0.5, 0.6) is 0 Å². The Morgan fingerprint density at radius 2 is 2.21 bits per heavy atom. The molecule has 1 aromatic heterocycles. The van der Waals surface area contributed by atoms with Crippen molar-refractivity contribution in [3.8, 4) is 0 Å². The van der Waals surface area contributed by atoms with Gasteiger partial charge in [-0.05, 0) is 20.3 Å². The number of thioether (sulfide) groups is 1. The summed E-state index contributed by atoms with van der Waals surface area (Å²) in [6.07, 6.45) is 2.26. The van der Waals surface area contributed by atoms with E-state index in [1.165, 1.54) is 22.8 Å². The third-order valence-electron chi connectivity index (χ3n) is 3.07. The van der Waals surface area contributed by atoms with E-state index in [-0.39, 0.29) is 11.9 Å². The van der Waals surface area contributed by atoms with Gasteiger partial charge in [-0.1, -0.05) is 11.8 Å². The predicted octanol–water partition coefficient (Wildman–Crippen LogP) is 2.87. The van der Waals surface area contributed by atoms with Crippen molar-refractivity contribution >= 4 is 41.0 Å². The molecule has 0 spiro atoms. The van der Waals surface area contributed by atoms with Gasteiger partial charge in [-0.15, -0.1) is 28.3 Å². The lowest BCUT2D eigenvalue weighted by Crippen LogP contribution is -2.34. The predicted molar refractivity (Wildman–Crippen MR) is 77.0 cm³/mol. The van der Waals surface area contributed by atoms with E-state index < -0.39 is 4.33 Å². The minimum Gasteiger partial charge on any atom is -0.323 e. The third kappa shape index (κ3) is 3.55. The second kappa shape index (κ2) is 5.89. The summed E-state index contributed by atoms with van der Waals surface area (Å²) in [4.78, 5) is 17.8. The first-order chi connectivity index (χ1) is 8.97. The molecule has 1 aromatic rings. The Labute approximate surface area is 126 Å². The van der Waals surface area contributed by atoms with Crippen molar-refractivity contribution in [1.29, 1.82) is 0 Å². The van der Waals surface area contributed by atoms with Crippen LogP contribution >= 0.6 is 35.0 Å². The number of hydrogen-bond donors (Lipinski definition) is 0. The Morgan fingerprint density at radius 1 is 1.58 bits per heavy atom. The van der Waals surface area contributed by atoms with Gasteiger partial charge in [-0.2, -0.15) is 4.68 Å². The number of hydrogen-bond acceptors (Lipinski definition) is 4. The van der Waals surface area contributed by atoms with E-state index >= 15 is 0 Å². The van der Waals surface area contributed by atoms with Crippen molar-refractivity contribution < 1.29 is 4.79 Å². The molecule has 0 saturated heterocycles. The Kier molecular flexibility index (Phi) is 4.63. The molecule has 1 saturated carbocycles. The van der Waals surface area contributed by atoms with Crippen molar-refractivity contribution in [3.63, 3.8) is 0 Å². The first-order valence-corrected chi connectivity index (χ1v) is 7.93. The summed E-state index contributed by atoms with van der Waals surface area (Å²) in [5, 5.41) is 4.75. The summed E-state index contributed by atoms with van der Waals surface area (Å²) in [7, 11) is 0. The lowest BCUT2D eigenvalue weighted by molar-refractivity contribution is 0.201. The molecule has 1 fully saturated rings. The van der Waals surface area contributed by atoms with Gasteiger partial charge in [0.1, 0.15) is 10.7 Å². The summed E-state index contributed by atoms with van der Waals surface area (Å²) in [5.74, 6) is 1.06. The Bertz CT molecular complexity index is 461. The van der Waals surface area contributed by atoms with E-state index in [0.717, 1.165) is 12.2 Å². The van der Waals surface area contributed by atoms with Gasteiger partial charge in [-0.3, -0.25) is 0 Å². The van der Waals surface area contributed by atoms with Gasteiger partial charge >= 0.3 is 6.03 Å². The summed E-state index contributed by atoms with van der Waals surface area (Å²) < 4.78 is 0.698. The van der Waals surface area contributed by atoms with Gasteiger partial charge in [-0.25, -0.2) is 9.78 Å². The molecule has 8 heteroatoms. The maximum Gasteiger partial charge on any atom is 0.346 e. The first-order valence-electron chi connectivity index (χ1n) is 6.19. The van der Waals surface area contributed by atoms with Gasteiger partial charge in [0.25, 0.3) is 0 Å². The van der Waals surface area contributed by atoms with Crippen molar-refractivity contribution in [2.24, 2.45) is 5.92 Å². The summed E-state index contributed by atoms with van der Waals surface area (Å²) in [5.41, 5.74) is 0. The van der Waals surface area contributed by atoms with Crippen molar-refractivity contribution in [2.75, 3.05) is 18.8 Å². The highest BCUT2D eigenvalue weighted by Gasteiger charge is 2.51. The van der Waals surface area contributed by atoms with Crippen LogP contribution < -0.4 is 0 Å².